The number of nitrogens with zero attached hydrogens (tertiary/aromatic N) is 3. The minimum atomic E-state index is -0.391. The maximum atomic E-state index is 11.8. The van der Waals surface area contributed by atoms with Crippen molar-refractivity contribution in [2.45, 2.75) is 23.9 Å². The molecule has 0 spiro atoms. The maximum Gasteiger partial charge on any atom is 0.318 e. The summed E-state index contributed by atoms with van der Waals surface area (Å²) in [6, 6.07) is 17.5. The second-order valence-corrected chi connectivity index (χ2v) is 7.36. The quantitative estimate of drug-likeness (QED) is 0.466. The van der Waals surface area contributed by atoms with Gasteiger partial charge in [0.25, 0.3) is 0 Å². The third kappa shape index (κ3) is 4.08. The van der Waals surface area contributed by atoms with Crippen LogP contribution < -0.4 is 0 Å². The van der Waals surface area contributed by atoms with Crippen LogP contribution in [-0.2, 0) is 16.1 Å². The number of rotatable bonds is 6. The summed E-state index contributed by atoms with van der Waals surface area (Å²) >= 11 is 7.67. The van der Waals surface area contributed by atoms with Gasteiger partial charge >= 0.3 is 5.97 Å². The van der Waals surface area contributed by atoms with E-state index in [9.17, 15) is 4.79 Å². The number of thioether (sulfide) groups is 1. The number of benzene rings is 2. The number of carbonyl (C=O) groups is 1. The summed E-state index contributed by atoms with van der Waals surface area (Å²) in [5.41, 5.74) is 1.91. The molecule has 0 aliphatic heterocycles. The Balaban J connectivity index is 2.02. The summed E-state index contributed by atoms with van der Waals surface area (Å²) in [6.45, 7) is 2.36. The fourth-order valence-electron chi connectivity index (χ4n) is 2.50. The molecule has 0 fully saturated rings. The number of carbonyl (C=O) groups excluding carboxylic acids is 1. The van der Waals surface area contributed by atoms with Gasteiger partial charge in [0.1, 0.15) is 5.25 Å². The second-order valence-electron chi connectivity index (χ2n) is 5.64. The lowest BCUT2D eigenvalue weighted by Crippen LogP contribution is -2.16. The van der Waals surface area contributed by atoms with Gasteiger partial charge in [-0.25, -0.2) is 0 Å². The highest BCUT2D eigenvalue weighted by molar-refractivity contribution is 8.00. The van der Waals surface area contributed by atoms with E-state index in [4.69, 9.17) is 16.3 Å². The van der Waals surface area contributed by atoms with E-state index in [-0.39, 0.29) is 5.97 Å². The topological polar surface area (TPSA) is 57.0 Å². The first-order valence-corrected chi connectivity index (χ1v) is 9.32. The number of hydrogen-bond acceptors (Lipinski definition) is 5. The Kier molecular flexibility index (Phi) is 5.96. The minimum Gasteiger partial charge on any atom is -0.468 e. The average molecular weight is 388 g/mol. The van der Waals surface area contributed by atoms with Crippen LogP contribution in [-0.4, -0.2) is 33.1 Å². The van der Waals surface area contributed by atoms with E-state index in [1.807, 2.05) is 59.2 Å². The normalized spacial score (nSPS) is 12.0. The van der Waals surface area contributed by atoms with Gasteiger partial charge in [0, 0.05) is 5.56 Å². The van der Waals surface area contributed by atoms with Crippen LogP contribution in [0.2, 0.25) is 5.02 Å². The fourth-order valence-corrected chi connectivity index (χ4v) is 3.59. The largest absolute Gasteiger partial charge is 0.468 e. The van der Waals surface area contributed by atoms with Crippen LogP contribution in [0.4, 0.5) is 0 Å². The van der Waals surface area contributed by atoms with Crippen molar-refractivity contribution in [2.24, 2.45) is 0 Å². The molecule has 0 aliphatic carbocycles. The van der Waals surface area contributed by atoms with Crippen molar-refractivity contribution in [3.63, 3.8) is 0 Å². The molecule has 2 aromatic carbocycles. The smallest absolute Gasteiger partial charge is 0.318 e. The third-order valence-electron chi connectivity index (χ3n) is 3.83. The Morgan fingerprint density at radius 3 is 2.54 bits per heavy atom. The fraction of sp³-hybridized carbons (Fsp3) is 0.211. The van der Waals surface area contributed by atoms with Crippen molar-refractivity contribution < 1.29 is 9.53 Å². The van der Waals surface area contributed by atoms with Gasteiger partial charge in [-0.3, -0.25) is 9.36 Å². The van der Waals surface area contributed by atoms with Gasteiger partial charge in [0.15, 0.2) is 11.0 Å². The van der Waals surface area contributed by atoms with E-state index in [0.29, 0.717) is 22.5 Å². The predicted octanol–water partition coefficient (Wildman–Crippen LogP) is 4.30. The van der Waals surface area contributed by atoms with Gasteiger partial charge in [-0.05, 0) is 24.6 Å². The van der Waals surface area contributed by atoms with Gasteiger partial charge in [-0.2, -0.15) is 0 Å². The summed E-state index contributed by atoms with van der Waals surface area (Å²) < 4.78 is 6.79. The Hall–Kier alpha value is -2.31. The summed E-state index contributed by atoms with van der Waals surface area (Å²) in [6.07, 6.45) is 0. The lowest BCUT2D eigenvalue weighted by atomic mass is 10.2. The molecular formula is C19H18ClN3O2S. The highest BCUT2D eigenvalue weighted by Crippen LogP contribution is 2.31. The van der Waals surface area contributed by atoms with Crippen molar-refractivity contribution in [3.8, 4) is 11.4 Å². The molecular weight excluding hydrogens is 370 g/mol. The number of halogens is 1. The zero-order valence-electron chi connectivity index (χ0n) is 14.4. The van der Waals surface area contributed by atoms with E-state index in [2.05, 4.69) is 10.2 Å². The molecule has 0 saturated heterocycles. The third-order valence-corrected chi connectivity index (χ3v) is 5.22. The first kappa shape index (κ1) is 18.5. The number of ether oxygens (including phenoxy) is 1. The molecule has 0 bridgehead atoms. The summed E-state index contributed by atoms with van der Waals surface area (Å²) in [5, 5.41) is 9.49. The van der Waals surface area contributed by atoms with E-state index < -0.39 is 5.25 Å². The summed E-state index contributed by atoms with van der Waals surface area (Å²) in [4.78, 5) is 11.8. The average Bonchev–Trinajstić information content (AvgIpc) is 3.04. The van der Waals surface area contributed by atoms with Crippen molar-refractivity contribution >= 4 is 29.3 Å². The van der Waals surface area contributed by atoms with Gasteiger partial charge in [0.05, 0.1) is 18.7 Å². The standard InChI is InChI=1S/C19H18ClN3O2S/c1-13(18(24)25-2)26-19-22-21-17(15-10-6-7-11-16(15)20)23(19)12-14-8-4-3-5-9-14/h3-11,13H,12H2,1-2H3/t13-/m0/s1. The van der Waals surface area contributed by atoms with Crippen LogP contribution in [0.5, 0.6) is 0 Å². The molecule has 1 aromatic heterocycles. The Bertz CT molecular complexity index is 899. The zero-order valence-corrected chi connectivity index (χ0v) is 16.0. The highest BCUT2D eigenvalue weighted by Gasteiger charge is 2.22. The van der Waals surface area contributed by atoms with Crippen molar-refractivity contribution in [1.82, 2.24) is 14.8 Å². The molecule has 3 rings (SSSR count). The summed E-state index contributed by atoms with van der Waals surface area (Å²) in [7, 11) is 1.38. The zero-order chi connectivity index (χ0) is 18.5. The number of aromatic nitrogens is 3. The summed E-state index contributed by atoms with van der Waals surface area (Å²) in [5.74, 6) is 0.363. The molecule has 7 heteroatoms. The predicted molar refractivity (Wildman–Crippen MR) is 103 cm³/mol. The van der Waals surface area contributed by atoms with Gasteiger partial charge in [0.2, 0.25) is 0 Å². The van der Waals surface area contributed by atoms with Crippen LogP contribution in [0, 0.1) is 0 Å². The molecule has 0 N–H and O–H groups in total. The molecule has 1 atom stereocenters. The van der Waals surface area contributed by atoms with E-state index >= 15 is 0 Å². The van der Waals surface area contributed by atoms with Crippen molar-refractivity contribution in [2.75, 3.05) is 7.11 Å². The molecule has 5 nitrogen and oxygen atoms in total. The highest BCUT2D eigenvalue weighted by atomic mass is 35.5. The molecule has 1 heterocycles. The Morgan fingerprint density at radius 2 is 1.85 bits per heavy atom. The molecule has 0 radical (unpaired) electrons. The Morgan fingerprint density at radius 1 is 1.15 bits per heavy atom. The first-order chi connectivity index (χ1) is 12.6. The lowest BCUT2D eigenvalue weighted by molar-refractivity contribution is -0.139. The number of methoxy groups -OCH3 is 1. The van der Waals surface area contributed by atoms with Gasteiger partial charge in [-0.15, -0.1) is 10.2 Å². The second kappa shape index (κ2) is 8.38. The Labute approximate surface area is 161 Å². The number of esters is 1. The molecule has 0 unspecified atom stereocenters. The first-order valence-electron chi connectivity index (χ1n) is 8.06. The van der Waals surface area contributed by atoms with Gasteiger partial charge in [-0.1, -0.05) is 65.8 Å². The van der Waals surface area contributed by atoms with Crippen LogP contribution in [0.15, 0.2) is 59.8 Å². The number of hydrogen-bond donors (Lipinski definition) is 0. The van der Waals surface area contributed by atoms with Crippen LogP contribution in [0.3, 0.4) is 0 Å². The van der Waals surface area contributed by atoms with Crippen LogP contribution in [0.1, 0.15) is 12.5 Å². The molecule has 0 saturated carbocycles. The van der Waals surface area contributed by atoms with Gasteiger partial charge < -0.3 is 4.74 Å². The van der Waals surface area contributed by atoms with Crippen molar-refractivity contribution in [1.29, 1.82) is 0 Å². The maximum absolute atomic E-state index is 11.8. The van der Waals surface area contributed by atoms with Crippen LogP contribution in [0.25, 0.3) is 11.4 Å². The van der Waals surface area contributed by atoms with E-state index in [1.54, 1.807) is 6.92 Å². The molecule has 0 amide bonds. The SMILES string of the molecule is COC(=O)[C@H](C)Sc1nnc(-c2ccccc2Cl)n1Cc1ccccc1. The van der Waals surface area contributed by atoms with E-state index in [1.165, 1.54) is 18.9 Å². The van der Waals surface area contributed by atoms with Crippen molar-refractivity contribution in [3.05, 3.63) is 65.2 Å². The van der Waals surface area contributed by atoms with Crippen LogP contribution >= 0.6 is 23.4 Å². The molecule has 0 aliphatic rings. The molecule has 3 aromatic rings. The van der Waals surface area contributed by atoms with E-state index in [0.717, 1.165) is 11.1 Å². The monoisotopic (exact) mass is 387 g/mol. The molecule has 26 heavy (non-hydrogen) atoms. The minimum absolute atomic E-state index is 0.302. The lowest BCUT2D eigenvalue weighted by Gasteiger charge is -2.13. The molecule has 134 valence electrons.